The molecular formula is C37H43NO3. The van der Waals surface area contributed by atoms with E-state index >= 15 is 0 Å². The van der Waals surface area contributed by atoms with Crippen molar-refractivity contribution in [3.8, 4) is 11.8 Å². The van der Waals surface area contributed by atoms with Crippen LogP contribution in [0.25, 0.3) is 0 Å². The van der Waals surface area contributed by atoms with Crippen LogP contribution >= 0.6 is 0 Å². The van der Waals surface area contributed by atoms with Crippen LogP contribution in [0.4, 0.5) is 5.69 Å². The number of aliphatic hydroxyl groups is 1. The van der Waals surface area contributed by atoms with Gasteiger partial charge in [0.2, 0.25) is 0 Å². The van der Waals surface area contributed by atoms with Gasteiger partial charge in [0.25, 0.3) is 0 Å². The summed E-state index contributed by atoms with van der Waals surface area (Å²) in [4.78, 5) is 14.4. The summed E-state index contributed by atoms with van der Waals surface area (Å²) in [5.74, 6) is 7.29. The maximum Gasteiger partial charge on any atom is 0.137 e. The number of Topliss-reactive ketones (excluding diaryl/α,β-unsaturated/α-hetero) is 1. The van der Waals surface area contributed by atoms with Gasteiger partial charge in [-0.3, -0.25) is 4.79 Å². The Morgan fingerprint density at radius 3 is 2.39 bits per heavy atom. The number of hydrogen-bond donors (Lipinski definition) is 1. The zero-order valence-corrected chi connectivity index (χ0v) is 25.4. The van der Waals surface area contributed by atoms with Crippen molar-refractivity contribution in [3.63, 3.8) is 0 Å². The third-order valence-corrected chi connectivity index (χ3v) is 10.4. The molecule has 0 saturated heterocycles. The van der Waals surface area contributed by atoms with Gasteiger partial charge in [-0.2, -0.15) is 0 Å². The van der Waals surface area contributed by atoms with Crippen LogP contribution in [0.3, 0.4) is 0 Å². The largest absolute Gasteiger partial charge is 0.493 e. The number of rotatable bonds is 2. The molecule has 1 unspecified atom stereocenters. The summed E-state index contributed by atoms with van der Waals surface area (Å²) < 4.78 is 6.55. The number of carbonyl (C=O) groups is 1. The fourth-order valence-electron chi connectivity index (χ4n) is 7.75. The predicted octanol–water partition coefficient (Wildman–Crippen LogP) is 7.07. The number of allylic oxidation sites excluding steroid dienone is 2. The molecule has 4 nitrogen and oxygen atoms in total. The van der Waals surface area contributed by atoms with Crippen molar-refractivity contribution in [1.82, 2.24) is 0 Å². The minimum Gasteiger partial charge on any atom is -0.493 e. The molecule has 6 rings (SSSR count). The number of hydrogen-bond acceptors (Lipinski definition) is 4. The topological polar surface area (TPSA) is 49.8 Å². The highest BCUT2D eigenvalue weighted by Gasteiger charge is 2.63. The van der Waals surface area contributed by atoms with Crippen LogP contribution in [0.2, 0.25) is 0 Å². The molecule has 1 aliphatic heterocycles. The summed E-state index contributed by atoms with van der Waals surface area (Å²) in [5, 5.41) is 12.3. The zero-order chi connectivity index (χ0) is 29.2. The Balaban J connectivity index is 1.40. The van der Waals surface area contributed by atoms with Crippen molar-refractivity contribution in [2.24, 2.45) is 11.3 Å². The highest BCUT2D eigenvalue weighted by molar-refractivity contribution is 5.84. The third-order valence-electron chi connectivity index (χ3n) is 10.4. The summed E-state index contributed by atoms with van der Waals surface area (Å²) >= 11 is 0. The lowest BCUT2D eigenvalue weighted by Crippen LogP contribution is -2.53. The fourth-order valence-corrected chi connectivity index (χ4v) is 7.75. The van der Waals surface area contributed by atoms with E-state index in [9.17, 15) is 9.90 Å². The molecule has 5 atom stereocenters. The van der Waals surface area contributed by atoms with Gasteiger partial charge in [-0.15, -0.1) is 0 Å². The highest BCUT2D eigenvalue weighted by Crippen LogP contribution is 2.64. The first-order valence-corrected chi connectivity index (χ1v) is 15.1. The Bertz CT molecular complexity index is 1480. The fraction of sp³-hybridized carbons (Fsp3) is 0.486. The molecule has 3 aliphatic carbocycles. The Labute approximate surface area is 245 Å². The average molecular weight is 550 g/mol. The van der Waals surface area contributed by atoms with Gasteiger partial charge < -0.3 is 14.7 Å². The first-order valence-electron chi connectivity index (χ1n) is 15.1. The first-order chi connectivity index (χ1) is 19.4. The molecule has 4 aliphatic rings. The van der Waals surface area contributed by atoms with Gasteiger partial charge in [-0.25, -0.2) is 0 Å². The maximum absolute atomic E-state index is 12.3. The standard InChI is InChI=1S/C37H43NO3/c1-35(2,3)27-11-7-24(8-12-27)17-19-37(40)20-18-32-34-33(30-16-15-29(39)21-26(30)23-41-34)31(22-36(32,37)4)25-9-13-28(14-10-25)38(5)6/h7-14,23,31-32,34,40H,15-16,18,20-22H2,1-6H3/t31?,32-,34-,36-,37-/m0/s1. The molecule has 0 amide bonds. The number of nitrogens with zero attached hydrogens (tertiary/aromatic N) is 1. The van der Waals surface area contributed by atoms with E-state index in [2.05, 4.69) is 107 Å². The zero-order valence-electron chi connectivity index (χ0n) is 25.4. The molecule has 0 spiro atoms. The second-order valence-corrected chi connectivity index (χ2v) is 14.1. The maximum atomic E-state index is 12.3. The van der Waals surface area contributed by atoms with Crippen LogP contribution in [0.15, 0.2) is 71.5 Å². The van der Waals surface area contributed by atoms with Gasteiger partial charge in [0.15, 0.2) is 0 Å². The molecule has 1 heterocycles. The molecule has 0 radical (unpaired) electrons. The second kappa shape index (κ2) is 9.92. The molecule has 1 N–H and O–H groups in total. The molecule has 0 bridgehead atoms. The van der Waals surface area contributed by atoms with E-state index in [0.29, 0.717) is 19.3 Å². The predicted molar refractivity (Wildman–Crippen MR) is 165 cm³/mol. The monoisotopic (exact) mass is 549 g/mol. The second-order valence-electron chi connectivity index (χ2n) is 14.1. The summed E-state index contributed by atoms with van der Waals surface area (Å²) in [6, 6.07) is 17.3. The van der Waals surface area contributed by atoms with Crippen molar-refractivity contribution < 1.29 is 14.6 Å². The van der Waals surface area contributed by atoms with Crippen LogP contribution in [0.1, 0.15) is 88.8 Å². The van der Waals surface area contributed by atoms with E-state index in [1.807, 2.05) is 6.26 Å². The van der Waals surface area contributed by atoms with Crippen molar-refractivity contribution in [2.45, 2.75) is 89.3 Å². The van der Waals surface area contributed by atoms with E-state index in [1.54, 1.807) is 0 Å². The number of benzene rings is 2. The number of anilines is 1. The molecule has 2 aromatic carbocycles. The number of ether oxygens (including phenoxy) is 1. The summed E-state index contributed by atoms with van der Waals surface area (Å²) in [6.07, 6.45) is 5.88. The van der Waals surface area contributed by atoms with Crippen molar-refractivity contribution in [2.75, 3.05) is 19.0 Å². The average Bonchev–Trinajstić information content (AvgIpc) is 3.21. The van der Waals surface area contributed by atoms with E-state index in [0.717, 1.165) is 36.1 Å². The van der Waals surface area contributed by atoms with E-state index in [4.69, 9.17) is 4.74 Å². The van der Waals surface area contributed by atoms with Crippen molar-refractivity contribution in [1.29, 1.82) is 0 Å². The van der Waals surface area contributed by atoms with E-state index < -0.39 is 11.0 Å². The summed E-state index contributed by atoms with van der Waals surface area (Å²) in [5.41, 5.74) is 6.85. The smallest absolute Gasteiger partial charge is 0.137 e. The molecule has 4 heteroatoms. The van der Waals surface area contributed by atoms with Crippen LogP contribution in [-0.2, 0) is 14.9 Å². The van der Waals surface area contributed by atoms with E-state index in [1.165, 1.54) is 22.3 Å². The quantitative estimate of drug-likeness (QED) is 0.407. The number of fused-ring (bicyclic) bond motifs is 4. The minimum atomic E-state index is -1.12. The third kappa shape index (κ3) is 4.73. The summed E-state index contributed by atoms with van der Waals surface area (Å²) in [6.45, 7) is 8.87. The molecule has 41 heavy (non-hydrogen) atoms. The van der Waals surface area contributed by atoms with Crippen LogP contribution in [0.5, 0.6) is 0 Å². The lowest BCUT2D eigenvalue weighted by molar-refractivity contribution is -0.119. The molecular weight excluding hydrogens is 506 g/mol. The van der Waals surface area contributed by atoms with Gasteiger partial charge in [-0.1, -0.05) is 63.8 Å². The molecule has 0 aromatic heterocycles. The Morgan fingerprint density at radius 2 is 1.73 bits per heavy atom. The molecule has 3 fully saturated rings. The lowest BCUT2D eigenvalue weighted by Gasteiger charge is -2.52. The number of ketones is 1. The Kier molecular flexibility index (Phi) is 6.74. The van der Waals surface area contributed by atoms with E-state index in [-0.39, 0.29) is 29.1 Å². The molecule has 2 aromatic rings. The molecule has 3 saturated carbocycles. The first kappa shape index (κ1) is 27.9. The van der Waals surface area contributed by atoms with Gasteiger partial charge in [0.1, 0.15) is 17.5 Å². The van der Waals surface area contributed by atoms with Crippen molar-refractivity contribution >= 4 is 11.5 Å². The van der Waals surface area contributed by atoms with Crippen LogP contribution in [0, 0.1) is 23.2 Å². The minimum absolute atomic E-state index is 0.0876. The molecule has 214 valence electrons. The van der Waals surface area contributed by atoms with Gasteiger partial charge >= 0.3 is 0 Å². The SMILES string of the molecule is CN(C)c1ccc(C2C[C@@]3(C)[C@@H](CC[C@@]3(O)C#Cc3ccc(C(C)(C)C)cc3)[C@@H]3OC=C4CC(=O)CCC4=C23)cc1. The van der Waals surface area contributed by atoms with Gasteiger partial charge in [0, 0.05) is 55.4 Å². The Morgan fingerprint density at radius 1 is 1.02 bits per heavy atom. The summed E-state index contributed by atoms with van der Waals surface area (Å²) in [7, 11) is 4.11. The lowest BCUT2D eigenvalue weighted by atomic mass is 9.55. The Hall–Kier alpha value is -3.29. The normalized spacial score (nSPS) is 30.8. The number of carbonyl (C=O) groups excluding carboxylic acids is 1. The van der Waals surface area contributed by atoms with Gasteiger partial charge in [0.05, 0.1) is 6.26 Å². The van der Waals surface area contributed by atoms with Gasteiger partial charge in [-0.05, 0) is 83.2 Å². The van der Waals surface area contributed by atoms with Crippen molar-refractivity contribution in [3.05, 3.63) is 88.2 Å². The van der Waals surface area contributed by atoms with Crippen LogP contribution < -0.4 is 4.90 Å². The van der Waals surface area contributed by atoms with Crippen LogP contribution in [-0.4, -0.2) is 36.7 Å². The highest BCUT2D eigenvalue weighted by atomic mass is 16.5.